The maximum atomic E-state index is 5.22. The van der Waals surface area contributed by atoms with Gasteiger partial charge in [0, 0.05) is 31.7 Å². The fourth-order valence-electron chi connectivity index (χ4n) is 3.82. The molecule has 2 aliphatic rings. The predicted molar refractivity (Wildman–Crippen MR) is 82.3 cm³/mol. The van der Waals surface area contributed by atoms with Crippen molar-refractivity contribution in [1.29, 1.82) is 0 Å². The van der Waals surface area contributed by atoms with Gasteiger partial charge >= 0.3 is 0 Å². The Bertz CT molecular complexity index is 423. The van der Waals surface area contributed by atoms with E-state index in [2.05, 4.69) is 34.5 Å². The van der Waals surface area contributed by atoms with Crippen LogP contribution in [0.4, 0.5) is 0 Å². The van der Waals surface area contributed by atoms with E-state index in [1.165, 1.54) is 50.9 Å². The predicted octanol–water partition coefficient (Wildman–Crippen LogP) is 2.46. The summed E-state index contributed by atoms with van der Waals surface area (Å²) in [6.07, 6.45) is 6.71. The largest absolute Gasteiger partial charge is 0.497 e. The van der Waals surface area contributed by atoms with Crippen LogP contribution in [0.3, 0.4) is 0 Å². The molecule has 0 atom stereocenters. The van der Waals surface area contributed by atoms with Crippen molar-refractivity contribution in [2.75, 3.05) is 33.3 Å². The Balaban J connectivity index is 1.60. The fourth-order valence-corrected chi connectivity index (χ4v) is 3.82. The first-order chi connectivity index (χ1) is 9.82. The Morgan fingerprint density at radius 2 is 1.95 bits per heavy atom. The average Bonchev–Trinajstić information content (AvgIpc) is 2.96. The molecule has 3 heteroatoms. The van der Waals surface area contributed by atoms with E-state index >= 15 is 0 Å². The van der Waals surface area contributed by atoms with Crippen molar-refractivity contribution in [2.45, 2.75) is 37.6 Å². The molecule has 0 unspecified atom stereocenters. The Morgan fingerprint density at radius 1 is 1.20 bits per heavy atom. The van der Waals surface area contributed by atoms with Crippen LogP contribution in [0.5, 0.6) is 5.75 Å². The number of hydrogen-bond donors (Lipinski definition) is 1. The minimum absolute atomic E-state index is 0.463. The third-order valence-electron chi connectivity index (χ3n) is 5.05. The standard InChI is InChI=1S/C17H26N2O/c1-20-16-6-4-15(5-7-16)8-12-19-13-11-18-14-17(19)9-2-3-10-17/h4-7,18H,2-3,8-14H2,1H3. The maximum Gasteiger partial charge on any atom is 0.118 e. The Morgan fingerprint density at radius 3 is 2.65 bits per heavy atom. The Labute approximate surface area is 122 Å². The molecule has 3 nitrogen and oxygen atoms in total. The van der Waals surface area contributed by atoms with Crippen LogP contribution in [0, 0.1) is 0 Å². The van der Waals surface area contributed by atoms with Crippen molar-refractivity contribution in [2.24, 2.45) is 0 Å². The molecule has 20 heavy (non-hydrogen) atoms. The van der Waals surface area contributed by atoms with Crippen LogP contribution in [-0.4, -0.2) is 43.7 Å². The molecule has 1 aromatic carbocycles. The summed E-state index contributed by atoms with van der Waals surface area (Å²) >= 11 is 0. The number of rotatable bonds is 4. The summed E-state index contributed by atoms with van der Waals surface area (Å²) in [6.45, 7) is 4.73. The topological polar surface area (TPSA) is 24.5 Å². The Hall–Kier alpha value is -1.06. The van der Waals surface area contributed by atoms with E-state index in [4.69, 9.17) is 4.74 Å². The Kier molecular flexibility index (Phi) is 4.27. The second-order valence-corrected chi connectivity index (χ2v) is 6.19. The molecule has 0 amide bonds. The lowest BCUT2D eigenvalue weighted by Gasteiger charge is -2.45. The second kappa shape index (κ2) is 6.15. The molecule has 1 spiro atoms. The van der Waals surface area contributed by atoms with Gasteiger partial charge in [-0.1, -0.05) is 25.0 Å². The molecule has 0 bridgehead atoms. The van der Waals surface area contributed by atoms with Crippen molar-refractivity contribution < 1.29 is 4.74 Å². The highest BCUT2D eigenvalue weighted by molar-refractivity contribution is 5.27. The highest BCUT2D eigenvalue weighted by Gasteiger charge is 2.40. The summed E-state index contributed by atoms with van der Waals surface area (Å²) in [6, 6.07) is 8.53. The van der Waals surface area contributed by atoms with Crippen LogP contribution in [0.2, 0.25) is 0 Å². The molecule has 2 fully saturated rings. The molecule has 1 saturated heterocycles. The lowest BCUT2D eigenvalue weighted by atomic mass is 9.92. The molecule has 1 aliphatic heterocycles. The van der Waals surface area contributed by atoms with E-state index in [0.29, 0.717) is 5.54 Å². The number of ether oxygens (including phenoxy) is 1. The number of nitrogens with zero attached hydrogens (tertiary/aromatic N) is 1. The smallest absolute Gasteiger partial charge is 0.118 e. The highest BCUT2D eigenvalue weighted by atomic mass is 16.5. The van der Waals surface area contributed by atoms with Gasteiger partial charge < -0.3 is 10.1 Å². The molecular formula is C17H26N2O. The summed E-state index contributed by atoms with van der Waals surface area (Å²) in [5, 5.41) is 3.60. The lowest BCUT2D eigenvalue weighted by molar-refractivity contribution is 0.0661. The third-order valence-corrected chi connectivity index (χ3v) is 5.05. The quantitative estimate of drug-likeness (QED) is 0.913. The molecule has 0 aromatic heterocycles. The molecule has 1 N–H and O–H groups in total. The fraction of sp³-hybridized carbons (Fsp3) is 0.647. The monoisotopic (exact) mass is 274 g/mol. The molecule has 1 aliphatic carbocycles. The summed E-state index contributed by atoms with van der Waals surface area (Å²) in [5.41, 5.74) is 1.88. The SMILES string of the molecule is COc1ccc(CCN2CCNCC23CCCC3)cc1. The van der Waals surface area contributed by atoms with Gasteiger partial charge in [0.15, 0.2) is 0 Å². The van der Waals surface area contributed by atoms with Gasteiger partial charge in [0.25, 0.3) is 0 Å². The minimum atomic E-state index is 0.463. The van der Waals surface area contributed by atoms with Crippen LogP contribution in [0.15, 0.2) is 24.3 Å². The maximum absolute atomic E-state index is 5.22. The van der Waals surface area contributed by atoms with Gasteiger partial charge in [-0.2, -0.15) is 0 Å². The number of piperazine rings is 1. The van der Waals surface area contributed by atoms with E-state index in [9.17, 15) is 0 Å². The zero-order chi connectivity index (χ0) is 13.8. The van der Waals surface area contributed by atoms with Crippen LogP contribution < -0.4 is 10.1 Å². The summed E-state index contributed by atoms with van der Waals surface area (Å²) in [5.74, 6) is 0.947. The molecule has 1 heterocycles. The number of hydrogen-bond acceptors (Lipinski definition) is 3. The molecule has 110 valence electrons. The first-order valence-corrected chi connectivity index (χ1v) is 7.91. The third kappa shape index (κ3) is 2.84. The molecular weight excluding hydrogens is 248 g/mol. The van der Waals surface area contributed by atoms with Crippen molar-refractivity contribution in [3.63, 3.8) is 0 Å². The van der Waals surface area contributed by atoms with Crippen LogP contribution in [0.1, 0.15) is 31.2 Å². The second-order valence-electron chi connectivity index (χ2n) is 6.19. The number of methoxy groups -OCH3 is 1. The zero-order valence-electron chi connectivity index (χ0n) is 12.5. The van der Waals surface area contributed by atoms with Gasteiger partial charge in [0.2, 0.25) is 0 Å². The van der Waals surface area contributed by atoms with Gasteiger partial charge in [-0.3, -0.25) is 4.90 Å². The van der Waals surface area contributed by atoms with Crippen molar-refractivity contribution in [3.8, 4) is 5.75 Å². The number of nitrogens with one attached hydrogen (secondary N) is 1. The van der Waals surface area contributed by atoms with Gasteiger partial charge in [-0.05, 0) is 37.0 Å². The summed E-state index contributed by atoms with van der Waals surface area (Å²) < 4.78 is 5.22. The summed E-state index contributed by atoms with van der Waals surface area (Å²) in [7, 11) is 1.72. The van der Waals surface area contributed by atoms with E-state index in [-0.39, 0.29) is 0 Å². The van der Waals surface area contributed by atoms with Crippen LogP contribution in [0.25, 0.3) is 0 Å². The van der Waals surface area contributed by atoms with Crippen molar-refractivity contribution in [1.82, 2.24) is 10.2 Å². The van der Waals surface area contributed by atoms with Crippen molar-refractivity contribution in [3.05, 3.63) is 29.8 Å². The van der Waals surface area contributed by atoms with Gasteiger partial charge in [-0.15, -0.1) is 0 Å². The normalized spacial score (nSPS) is 22.2. The molecule has 1 saturated carbocycles. The minimum Gasteiger partial charge on any atom is -0.497 e. The zero-order valence-corrected chi connectivity index (χ0v) is 12.5. The van der Waals surface area contributed by atoms with Crippen LogP contribution >= 0.6 is 0 Å². The van der Waals surface area contributed by atoms with Gasteiger partial charge in [0.05, 0.1) is 7.11 Å². The average molecular weight is 274 g/mol. The van der Waals surface area contributed by atoms with Crippen LogP contribution in [-0.2, 0) is 6.42 Å². The van der Waals surface area contributed by atoms with E-state index in [1.807, 2.05) is 0 Å². The van der Waals surface area contributed by atoms with Gasteiger partial charge in [0.1, 0.15) is 5.75 Å². The first-order valence-electron chi connectivity index (χ1n) is 7.91. The van der Waals surface area contributed by atoms with Gasteiger partial charge in [-0.25, -0.2) is 0 Å². The van der Waals surface area contributed by atoms with E-state index < -0.39 is 0 Å². The molecule has 1 aromatic rings. The summed E-state index contributed by atoms with van der Waals surface area (Å²) in [4.78, 5) is 2.75. The van der Waals surface area contributed by atoms with E-state index in [1.54, 1.807) is 7.11 Å². The first kappa shape index (κ1) is 13.9. The molecule has 3 rings (SSSR count). The van der Waals surface area contributed by atoms with Crippen molar-refractivity contribution >= 4 is 0 Å². The lowest BCUT2D eigenvalue weighted by Crippen LogP contribution is -2.60. The highest BCUT2D eigenvalue weighted by Crippen LogP contribution is 2.36. The molecule has 0 radical (unpaired) electrons. The number of benzene rings is 1. The van der Waals surface area contributed by atoms with E-state index in [0.717, 1.165) is 18.7 Å².